The van der Waals surface area contributed by atoms with Crippen LogP contribution in [-0.2, 0) is 16.6 Å². The van der Waals surface area contributed by atoms with Gasteiger partial charge in [-0.25, -0.2) is 0 Å². The summed E-state index contributed by atoms with van der Waals surface area (Å²) in [6.07, 6.45) is 0.213. The molecule has 2 amide bonds. The second kappa shape index (κ2) is 6.78. The molecular formula is C21H21N3O2S. The van der Waals surface area contributed by atoms with Crippen molar-refractivity contribution in [1.29, 1.82) is 0 Å². The summed E-state index contributed by atoms with van der Waals surface area (Å²) in [5, 5.41) is 0. The summed E-state index contributed by atoms with van der Waals surface area (Å²) in [7, 11) is 1.91. The van der Waals surface area contributed by atoms with Gasteiger partial charge in [0.05, 0.1) is 16.1 Å². The SMILES string of the molecule is Cc1cccc(N2C[C@@H](C(=O)N=c3sc4ccccc4n3C)CC2=O)c1C. The minimum Gasteiger partial charge on any atom is -0.319 e. The highest BCUT2D eigenvalue weighted by Crippen LogP contribution is 2.29. The zero-order chi connectivity index (χ0) is 19.1. The van der Waals surface area contributed by atoms with Crippen LogP contribution >= 0.6 is 11.3 Å². The van der Waals surface area contributed by atoms with E-state index in [0.29, 0.717) is 11.3 Å². The number of hydrogen-bond donors (Lipinski definition) is 0. The van der Waals surface area contributed by atoms with E-state index in [0.717, 1.165) is 27.0 Å². The molecule has 2 heterocycles. The fraction of sp³-hybridized carbons (Fsp3) is 0.286. The molecule has 1 aliphatic heterocycles. The van der Waals surface area contributed by atoms with E-state index >= 15 is 0 Å². The fourth-order valence-corrected chi connectivity index (χ4v) is 4.53. The molecule has 0 radical (unpaired) electrons. The van der Waals surface area contributed by atoms with E-state index in [1.165, 1.54) is 11.3 Å². The number of benzene rings is 2. The van der Waals surface area contributed by atoms with Gasteiger partial charge >= 0.3 is 0 Å². The zero-order valence-corrected chi connectivity index (χ0v) is 16.4. The Morgan fingerprint density at radius 3 is 2.70 bits per heavy atom. The molecule has 0 saturated carbocycles. The van der Waals surface area contributed by atoms with Crippen molar-refractivity contribution in [2.45, 2.75) is 20.3 Å². The smallest absolute Gasteiger partial charge is 0.253 e. The summed E-state index contributed by atoms with van der Waals surface area (Å²) < 4.78 is 3.02. The van der Waals surface area contributed by atoms with Crippen molar-refractivity contribution in [3.63, 3.8) is 0 Å². The van der Waals surface area contributed by atoms with Crippen LogP contribution in [0.15, 0.2) is 47.5 Å². The van der Waals surface area contributed by atoms with E-state index < -0.39 is 5.92 Å². The van der Waals surface area contributed by atoms with Crippen molar-refractivity contribution in [3.8, 4) is 0 Å². The number of anilines is 1. The number of fused-ring (bicyclic) bond motifs is 1. The van der Waals surface area contributed by atoms with Crippen LogP contribution in [0.2, 0.25) is 0 Å². The number of carbonyl (C=O) groups is 2. The average molecular weight is 379 g/mol. The Morgan fingerprint density at radius 2 is 1.93 bits per heavy atom. The van der Waals surface area contributed by atoms with Gasteiger partial charge in [0.1, 0.15) is 0 Å². The monoisotopic (exact) mass is 379 g/mol. The maximum absolute atomic E-state index is 12.8. The first-order valence-corrected chi connectivity index (χ1v) is 9.77. The van der Waals surface area contributed by atoms with E-state index in [2.05, 4.69) is 4.99 Å². The largest absolute Gasteiger partial charge is 0.319 e. The minimum absolute atomic E-state index is 0.0158. The van der Waals surface area contributed by atoms with Crippen molar-refractivity contribution < 1.29 is 9.59 Å². The molecule has 1 fully saturated rings. The van der Waals surface area contributed by atoms with E-state index in [9.17, 15) is 9.59 Å². The van der Waals surface area contributed by atoms with Gasteiger partial charge in [-0.3, -0.25) is 9.59 Å². The van der Waals surface area contributed by atoms with Gasteiger partial charge in [-0.1, -0.05) is 35.6 Å². The number of rotatable bonds is 2. The van der Waals surface area contributed by atoms with Gasteiger partial charge in [0.15, 0.2) is 4.80 Å². The van der Waals surface area contributed by atoms with Crippen LogP contribution in [0.25, 0.3) is 10.2 Å². The zero-order valence-electron chi connectivity index (χ0n) is 15.6. The average Bonchev–Trinajstić information content (AvgIpc) is 3.19. The van der Waals surface area contributed by atoms with Crippen LogP contribution in [0.4, 0.5) is 5.69 Å². The molecule has 3 aromatic rings. The topological polar surface area (TPSA) is 54.7 Å². The van der Waals surface area contributed by atoms with Crippen LogP contribution in [0.3, 0.4) is 0 Å². The number of para-hydroxylation sites is 1. The Kier molecular flexibility index (Phi) is 4.44. The molecule has 1 aliphatic rings. The van der Waals surface area contributed by atoms with Crippen molar-refractivity contribution in [2.75, 3.05) is 11.4 Å². The highest BCUT2D eigenvalue weighted by molar-refractivity contribution is 7.16. The second-order valence-corrected chi connectivity index (χ2v) is 7.99. The van der Waals surface area contributed by atoms with Crippen LogP contribution < -0.4 is 9.70 Å². The summed E-state index contributed by atoms with van der Waals surface area (Å²) in [5.74, 6) is -0.640. The predicted octanol–water partition coefficient (Wildman–Crippen LogP) is 3.34. The minimum atomic E-state index is -0.400. The lowest BCUT2D eigenvalue weighted by molar-refractivity contribution is -0.123. The first kappa shape index (κ1) is 17.7. The molecule has 138 valence electrons. The number of carbonyl (C=O) groups excluding carboxylic acids is 2. The van der Waals surface area contributed by atoms with Crippen LogP contribution in [0.5, 0.6) is 0 Å². The summed E-state index contributed by atoms with van der Waals surface area (Å²) >= 11 is 1.49. The Bertz CT molecular complexity index is 1130. The molecule has 0 bridgehead atoms. The van der Waals surface area contributed by atoms with Gasteiger partial charge in [-0.05, 0) is 43.2 Å². The van der Waals surface area contributed by atoms with Crippen LogP contribution in [0, 0.1) is 19.8 Å². The number of amides is 2. The normalized spacial score (nSPS) is 17.9. The molecule has 6 heteroatoms. The van der Waals surface area contributed by atoms with E-state index in [1.54, 1.807) is 4.90 Å². The summed E-state index contributed by atoms with van der Waals surface area (Å²) in [5.41, 5.74) is 4.15. The van der Waals surface area contributed by atoms with Gasteiger partial charge in [0.25, 0.3) is 5.91 Å². The third-order valence-electron chi connectivity index (χ3n) is 5.26. The number of hydrogen-bond acceptors (Lipinski definition) is 3. The molecule has 0 unspecified atom stereocenters. The molecule has 27 heavy (non-hydrogen) atoms. The van der Waals surface area contributed by atoms with Gasteiger partial charge < -0.3 is 9.47 Å². The lowest BCUT2D eigenvalue weighted by Gasteiger charge is -2.19. The fourth-order valence-electron chi connectivity index (χ4n) is 3.51. The quantitative estimate of drug-likeness (QED) is 0.686. The molecular weight excluding hydrogens is 358 g/mol. The molecule has 2 aromatic carbocycles. The van der Waals surface area contributed by atoms with Gasteiger partial charge in [0.2, 0.25) is 5.91 Å². The molecule has 1 atom stereocenters. The highest BCUT2D eigenvalue weighted by Gasteiger charge is 2.35. The van der Waals surface area contributed by atoms with E-state index in [4.69, 9.17) is 0 Å². The lowest BCUT2D eigenvalue weighted by atomic mass is 10.1. The number of thiazole rings is 1. The van der Waals surface area contributed by atoms with Crippen LogP contribution in [0.1, 0.15) is 17.5 Å². The molecule has 1 aromatic heterocycles. The van der Waals surface area contributed by atoms with E-state index in [-0.39, 0.29) is 18.2 Å². The first-order valence-electron chi connectivity index (χ1n) is 8.95. The van der Waals surface area contributed by atoms with E-state index in [1.807, 2.05) is 67.9 Å². The predicted molar refractivity (Wildman–Crippen MR) is 108 cm³/mol. The molecule has 0 aliphatic carbocycles. The Labute approximate surface area is 161 Å². The third kappa shape index (κ3) is 3.10. The second-order valence-electron chi connectivity index (χ2n) is 6.99. The standard InChI is InChI=1S/C21H21N3O2S/c1-13-7-6-9-16(14(13)2)24-12-15(11-19(24)25)20(26)22-21-23(3)17-8-4-5-10-18(17)27-21/h4-10,15H,11-12H2,1-3H3/t15-/m0/s1. The summed E-state index contributed by atoms with van der Waals surface area (Å²) in [4.78, 5) is 32.0. The highest BCUT2D eigenvalue weighted by atomic mass is 32.1. The maximum atomic E-state index is 12.8. The van der Waals surface area contributed by atoms with Gasteiger partial charge in [-0.2, -0.15) is 4.99 Å². The summed E-state index contributed by atoms with van der Waals surface area (Å²) in [6.45, 7) is 4.42. The van der Waals surface area contributed by atoms with Gasteiger partial charge in [0, 0.05) is 25.7 Å². The van der Waals surface area contributed by atoms with Crippen molar-refractivity contribution in [1.82, 2.24) is 4.57 Å². The van der Waals surface area contributed by atoms with Crippen molar-refractivity contribution >= 4 is 39.1 Å². The number of nitrogens with zero attached hydrogens (tertiary/aromatic N) is 3. The Balaban J connectivity index is 1.63. The van der Waals surface area contributed by atoms with Crippen molar-refractivity contribution in [3.05, 3.63) is 58.4 Å². The molecule has 1 saturated heterocycles. The Hall–Kier alpha value is -2.73. The molecule has 0 spiro atoms. The molecule has 4 rings (SSSR count). The molecule has 5 nitrogen and oxygen atoms in total. The molecule has 0 N–H and O–H groups in total. The number of aryl methyl sites for hydroxylation is 2. The third-order valence-corrected chi connectivity index (χ3v) is 6.37. The lowest BCUT2D eigenvalue weighted by Crippen LogP contribution is -2.27. The van der Waals surface area contributed by atoms with Crippen LogP contribution in [-0.4, -0.2) is 22.9 Å². The first-order chi connectivity index (χ1) is 13.0. The maximum Gasteiger partial charge on any atom is 0.253 e. The number of aromatic nitrogens is 1. The van der Waals surface area contributed by atoms with Gasteiger partial charge in [-0.15, -0.1) is 0 Å². The Morgan fingerprint density at radius 1 is 1.15 bits per heavy atom. The van der Waals surface area contributed by atoms with Crippen molar-refractivity contribution in [2.24, 2.45) is 18.0 Å². The summed E-state index contributed by atoms with van der Waals surface area (Å²) in [6, 6.07) is 13.9.